The van der Waals surface area contributed by atoms with E-state index in [2.05, 4.69) is 30.7 Å². The number of rotatable bonds is 3. The first-order valence-electron chi connectivity index (χ1n) is 8.44. The average molecular weight is 343 g/mol. The number of ether oxygens (including phenoxy) is 1. The monoisotopic (exact) mass is 343 g/mol. The number of pyridine rings is 1. The molecule has 24 heavy (non-hydrogen) atoms. The standard InChI is InChI=1S/C18H21N3O2S/c1-4-5-6-12-10-7-18(2,3)23-8-11(10)13-14-15(24-17(13)21-12)16(22)20-9-19-14/h9H,4-8H2,1-3H3,(H,19,20,22). The van der Waals surface area contributed by atoms with Crippen LogP contribution in [0.3, 0.4) is 0 Å². The SMILES string of the molecule is CCCCc1nc2sc3c(=O)[nH]cnc3c2c2c1CC(C)(C)OC2. The Labute approximate surface area is 144 Å². The summed E-state index contributed by atoms with van der Waals surface area (Å²) in [6.45, 7) is 7.00. The molecule has 4 rings (SSSR count). The van der Waals surface area contributed by atoms with E-state index in [0.717, 1.165) is 41.4 Å². The number of aryl methyl sites for hydroxylation is 1. The molecule has 0 radical (unpaired) electrons. The predicted molar refractivity (Wildman–Crippen MR) is 96.7 cm³/mol. The quantitative estimate of drug-likeness (QED) is 0.787. The molecule has 0 atom stereocenters. The van der Waals surface area contributed by atoms with Crippen LogP contribution in [0.5, 0.6) is 0 Å². The van der Waals surface area contributed by atoms with Gasteiger partial charge < -0.3 is 9.72 Å². The highest BCUT2D eigenvalue weighted by Gasteiger charge is 2.31. The summed E-state index contributed by atoms with van der Waals surface area (Å²) >= 11 is 1.44. The largest absolute Gasteiger partial charge is 0.371 e. The number of fused-ring (bicyclic) bond motifs is 5. The second-order valence-corrected chi connectivity index (χ2v) is 8.03. The van der Waals surface area contributed by atoms with E-state index in [4.69, 9.17) is 9.72 Å². The van der Waals surface area contributed by atoms with Gasteiger partial charge in [0, 0.05) is 17.5 Å². The fraction of sp³-hybridized carbons (Fsp3) is 0.500. The lowest BCUT2D eigenvalue weighted by Gasteiger charge is -2.33. The van der Waals surface area contributed by atoms with E-state index in [1.165, 1.54) is 34.5 Å². The zero-order valence-electron chi connectivity index (χ0n) is 14.2. The molecule has 6 heteroatoms. The molecular formula is C18H21N3O2S. The number of nitrogens with zero attached hydrogens (tertiary/aromatic N) is 2. The molecule has 0 amide bonds. The van der Waals surface area contributed by atoms with Crippen LogP contribution in [-0.2, 0) is 24.2 Å². The topological polar surface area (TPSA) is 67.9 Å². The van der Waals surface area contributed by atoms with Crippen LogP contribution >= 0.6 is 11.3 Å². The summed E-state index contributed by atoms with van der Waals surface area (Å²) in [6, 6.07) is 0. The third-order valence-corrected chi connectivity index (χ3v) is 5.76. The minimum absolute atomic E-state index is 0.0936. The Morgan fingerprint density at radius 3 is 3.00 bits per heavy atom. The van der Waals surface area contributed by atoms with Gasteiger partial charge in [0.05, 0.1) is 24.1 Å². The van der Waals surface area contributed by atoms with Crippen LogP contribution in [0.4, 0.5) is 0 Å². The summed E-state index contributed by atoms with van der Waals surface area (Å²) in [4.78, 5) is 25.1. The van der Waals surface area contributed by atoms with E-state index in [1.54, 1.807) is 0 Å². The summed E-state index contributed by atoms with van der Waals surface area (Å²) < 4.78 is 6.72. The summed E-state index contributed by atoms with van der Waals surface area (Å²) in [5.74, 6) is 0. The first-order valence-corrected chi connectivity index (χ1v) is 9.26. The summed E-state index contributed by atoms with van der Waals surface area (Å²) in [7, 11) is 0. The molecule has 0 aliphatic carbocycles. The third kappa shape index (κ3) is 2.45. The molecule has 0 saturated heterocycles. The zero-order valence-corrected chi connectivity index (χ0v) is 15.0. The summed E-state index contributed by atoms with van der Waals surface area (Å²) in [5, 5.41) is 1.01. The smallest absolute Gasteiger partial charge is 0.268 e. The normalized spacial score (nSPS) is 16.6. The van der Waals surface area contributed by atoms with E-state index >= 15 is 0 Å². The first-order chi connectivity index (χ1) is 11.5. The maximum absolute atomic E-state index is 12.1. The molecule has 3 aromatic heterocycles. The molecule has 5 nitrogen and oxygen atoms in total. The molecule has 0 spiro atoms. The summed E-state index contributed by atoms with van der Waals surface area (Å²) in [6.07, 6.45) is 5.56. The summed E-state index contributed by atoms with van der Waals surface area (Å²) in [5.41, 5.74) is 4.12. The van der Waals surface area contributed by atoms with Gasteiger partial charge in [0.1, 0.15) is 9.53 Å². The van der Waals surface area contributed by atoms with E-state index < -0.39 is 0 Å². The third-order valence-electron chi connectivity index (χ3n) is 4.69. The molecule has 4 heterocycles. The van der Waals surface area contributed by atoms with Gasteiger partial charge in [0.2, 0.25) is 0 Å². The predicted octanol–water partition coefficient (Wildman–Crippen LogP) is 3.73. The van der Waals surface area contributed by atoms with Crippen LogP contribution in [0.1, 0.15) is 50.4 Å². The molecule has 1 aliphatic heterocycles. The van der Waals surface area contributed by atoms with Crippen molar-refractivity contribution in [3.63, 3.8) is 0 Å². The molecule has 0 fully saturated rings. The molecular weight excluding hydrogens is 322 g/mol. The number of hydrogen-bond acceptors (Lipinski definition) is 5. The first kappa shape index (κ1) is 15.7. The minimum atomic E-state index is -0.181. The maximum Gasteiger partial charge on any atom is 0.268 e. The molecule has 1 N–H and O–H groups in total. The molecule has 3 aromatic rings. The molecule has 126 valence electrons. The second-order valence-electron chi connectivity index (χ2n) is 7.04. The van der Waals surface area contributed by atoms with E-state index in [1.807, 2.05) is 0 Å². The highest BCUT2D eigenvalue weighted by molar-refractivity contribution is 7.25. The van der Waals surface area contributed by atoms with Gasteiger partial charge in [-0.3, -0.25) is 4.79 Å². The van der Waals surface area contributed by atoms with Gasteiger partial charge in [-0.1, -0.05) is 13.3 Å². The average Bonchev–Trinajstić information content (AvgIpc) is 2.91. The van der Waals surface area contributed by atoms with Crippen molar-refractivity contribution in [1.29, 1.82) is 0 Å². The van der Waals surface area contributed by atoms with Crippen LogP contribution in [0.15, 0.2) is 11.1 Å². The lowest BCUT2D eigenvalue weighted by molar-refractivity contribution is -0.0397. The number of aromatic amines is 1. The molecule has 0 unspecified atom stereocenters. The van der Waals surface area contributed by atoms with Crippen molar-refractivity contribution in [1.82, 2.24) is 15.0 Å². The van der Waals surface area contributed by atoms with Crippen LogP contribution in [-0.4, -0.2) is 20.6 Å². The van der Waals surface area contributed by atoms with Gasteiger partial charge >= 0.3 is 0 Å². The van der Waals surface area contributed by atoms with E-state index in [0.29, 0.717) is 11.3 Å². The van der Waals surface area contributed by atoms with Crippen molar-refractivity contribution in [2.45, 2.75) is 58.7 Å². The van der Waals surface area contributed by atoms with Crippen molar-refractivity contribution in [2.75, 3.05) is 0 Å². The number of H-pyrrole nitrogens is 1. The number of aromatic nitrogens is 3. The van der Waals surface area contributed by atoms with Gasteiger partial charge in [0.15, 0.2) is 0 Å². The molecule has 0 bridgehead atoms. The van der Waals surface area contributed by atoms with Crippen LogP contribution in [0.25, 0.3) is 20.4 Å². The van der Waals surface area contributed by atoms with E-state index in [9.17, 15) is 4.79 Å². The Bertz CT molecular complexity index is 987. The number of hydrogen-bond donors (Lipinski definition) is 1. The lowest BCUT2D eigenvalue weighted by Crippen LogP contribution is -2.33. The molecule has 0 saturated carbocycles. The van der Waals surface area contributed by atoms with Crippen molar-refractivity contribution in [3.05, 3.63) is 33.5 Å². The Morgan fingerprint density at radius 1 is 1.38 bits per heavy atom. The van der Waals surface area contributed by atoms with Crippen molar-refractivity contribution in [2.24, 2.45) is 0 Å². The number of thiophene rings is 1. The Kier molecular flexibility index (Phi) is 3.69. The Morgan fingerprint density at radius 2 is 2.21 bits per heavy atom. The fourth-order valence-electron chi connectivity index (χ4n) is 3.44. The molecule has 0 aromatic carbocycles. The number of unbranched alkanes of at least 4 members (excludes halogenated alkanes) is 1. The minimum Gasteiger partial charge on any atom is -0.371 e. The highest BCUT2D eigenvalue weighted by atomic mass is 32.1. The van der Waals surface area contributed by atoms with Gasteiger partial charge in [-0.2, -0.15) is 0 Å². The van der Waals surface area contributed by atoms with Gasteiger partial charge in [-0.15, -0.1) is 11.3 Å². The second kappa shape index (κ2) is 5.63. The Hall–Kier alpha value is -1.79. The van der Waals surface area contributed by atoms with Crippen LogP contribution < -0.4 is 5.56 Å². The fourth-order valence-corrected chi connectivity index (χ4v) is 4.51. The van der Waals surface area contributed by atoms with Crippen molar-refractivity contribution < 1.29 is 4.74 Å². The zero-order chi connectivity index (χ0) is 16.9. The maximum atomic E-state index is 12.1. The van der Waals surface area contributed by atoms with Crippen molar-refractivity contribution in [3.8, 4) is 0 Å². The lowest BCUT2D eigenvalue weighted by atomic mass is 9.88. The highest BCUT2D eigenvalue weighted by Crippen LogP contribution is 2.39. The van der Waals surface area contributed by atoms with Gasteiger partial charge in [0.25, 0.3) is 5.56 Å². The van der Waals surface area contributed by atoms with Crippen LogP contribution in [0, 0.1) is 0 Å². The van der Waals surface area contributed by atoms with E-state index in [-0.39, 0.29) is 11.2 Å². The molecule has 1 aliphatic rings. The van der Waals surface area contributed by atoms with Crippen LogP contribution in [0.2, 0.25) is 0 Å². The van der Waals surface area contributed by atoms with Crippen molar-refractivity contribution >= 4 is 31.8 Å². The Balaban J connectivity index is 2.04. The number of nitrogens with one attached hydrogen (secondary N) is 1. The van der Waals surface area contributed by atoms with Gasteiger partial charge in [-0.05, 0) is 37.8 Å². The van der Waals surface area contributed by atoms with Gasteiger partial charge in [-0.25, -0.2) is 9.97 Å².